The number of anilines is 2. The first kappa shape index (κ1) is 15.9. The van der Waals surface area contributed by atoms with Gasteiger partial charge >= 0.3 is 6.09 Å². The zero-order valence-electron chi connectivity index (χ0n) is 13.0. The van der Waals surface area contributed by atoms with E-state index >= 15 is 0 Å². The van der Waals surface area contributed by atoms with Crippen LogP contribution < -0.4 is 15.0 Å². The monoisotopic (exact) mass is 304 g/mol. The van der Waals surface area contributed by atoms with E-state index in [0.717, 1.165) is 0 Å². The average molecular weight is 304 g/mol. The maximum atomic E-state index is 12.6. The molecule has 22 heavy (non-hydrogen) atoms. The van der Waals surface area contributed by atoms with Crippen molar-refractivity contribution in [3.8, 4) is 5.75 Å². The summed E-state index contributed by atoms with van der Waals surface area (Å²) < 4.78 is 10.3. The molecule has 0 aromatic heterocycles. The quantitative estimate of drug-likeness (QED) is 0.872. The van der Waals surface area contributed by atoms with Crippen molar-refractivity contribution >= 4 is 23.4 Å². The molecule has 0 bridgehead atoms. The van der Waals surface area contributed by atoms with E-state index in [1.807, 2.05) is 13.8 Å². The zero-order chi connectivity index (χ0) is 16.3. The van der Waals surface area contributed by atoms with Gasteiger partial charge in [0.2, 0.25) is 5.91 Å². The molecule has 2 rings (SSSR count). The highest BCUT2D eigenvalue weighted by Crippen LogP contribution is 2.38. The minimum atomic E-state index is -0.641. The summed E-state index contributed by atoms with van der Waals surface area (Å²) in [6.45, 7) is 8.03. The van der Waals surface area contributed by atoms with E-state index in [9.17, 15) is 9.59 Å². The average Bonchev–Trinajstić information content (AvgIpc) is 2.58. The van der Waals surface area contributed by atoms with Crippen LogP contribution in [0.4, 0.5) is 16.2 Å². The molecule has 0 atom stereocenters. The molecule has 0 saturated carbocycles. The summed E-state index contributed by atoms with van der Waals surface area (Å²) in [7, 11) is 1.29. The number of nitrogens with zero attached hydrogens (tertiary/aromatic N) is 1. The van der Waals surface area contributed by atoms with Gasteiger partial charge in [-0.15, -0.1) is 6.58 Å². The van der Waals surface area contributed by atoms with Gasteiger partial charge in [0.05, 0.1) is 18.2 Å². The molecule has 0 saturated heterocycles. The molecule has 0 spiro atoms. The Balaban J connectivity index is 2.41. The molecule has 1 N–H and O–H groups in total. The van der Waals surface area contributed by atoms with Gasteiger partial charge in [0.1, 0.15) is 12.4 Å². The van der Waals surface area contributed by atoms with E-state index in [-0.39, 0.29) is 12.5 Å². The Bertz CT molecular complexity index is 610. The molecule has 6 heteroatoms. The molecule has 1 aromatic rings. The Labute approximate surface area is 129 Å². The van der Waals surface area contributed by atoms with E-state index < -0.39 is 11.5 Å². The van der Waals surface area contributed by atoms with Crippen molar-refractivity contribution in [2.45, 2.75) is 13.8 Å². The van der Waals surface area contributed by atoms with Crippen LogP contribution in [0.2, 0.25) is 0 Å². The molecule has 0 fully saturated rings. The topological polar surface area (TPSA) is 67.9 Å². The highest BCUT2D eigenvalue weighted by Gasteiger charge is 2.37. The first-order chi connectivity index (χ1) is 10.4. The van der Waals surface area contributed by atoms with Crippen LogP contribution in [-0.4, -0.2) is 32.3 Å². The first-order valence-corrected chi connectivity index (χ1v) is 6.93. The lowest BCUT2D eigenvalue weighted by Gasteiger charge is -2.27. The standard InChI is InChI=1S/C16H20N2O4/c1-5-8-18-12-7-6-11(17-15(20)21-4)9-13(12)22-10-16(2,3)14(18)19/h5-7,9H,1,8,10H2,2-4H3,(H,17,20). The van der Waals surface area contributed by atoms with Crippen molar-refractivity contribution in [1.82, 2.24) is 0 Å². The number of amides is 2. The Morgan fingerprint density at radius 2 is 2.27 bits per heavy atom. The third-order valence-electron chi connectivity index (χ3n) is 3.41. The number of rotatable bonds is 3. The number of hydrogen-bond donors (Lipinski definition) is 1. The largest absolute Gasteiger partial charge is 0.490 e. The van der Waals surface area contributed by atoms with Gasteiger partial charge in [-0.3, -0.25) is 10.1 Å². The highest BCUT2D eigenvalue weighted by atomic mass is 16.5. The molecule has 1 aromatic carbocycles. The molecular formula is C16H20N2O4. The van der Waals surface area contributed by atoms with Gasteiger partial charge in [-0.25, -0.2) is 4.79 Å². The molecule has 1 aliphatic heterocycles. The summed E-state index contributed by atoms with van der Waals surface area (Å²) in [6.07, 6.45) is 1.11. The fourth-order valence-electron chi connectivity index (χ4n) is 2.20. The minimum absolute atomic E-state index is 0.0279. The first-order valence-electron chi connectivity index (χ1n) is 6.93. The number of benzene rings is 1. The molecule has 0 aliphatic carbocycles. The maximum absolute atomic E-state index is 12.6. The number of ether oxygens (including phenoxy) is 2. The third kappa shape index (κ3) is 3.05. The summed E-state index contributed by atoms with van der Waals surface area (Å²) in [4.78, 5) is 25.6. The Morgan fingerprint density at radius 1 is 1.55 bits per heavy atom. The summed E-state index contributed by atoms with van der Waals surface area (Å²) >= 11 is 0. The SMILES string of the molecule is C=CCN1C(=O)C(C)(C)COc2cc(NC(=O)OC)ccc21. The van der Waals surface area contributed by atoms with Crippen molar-refractivity contribution in [2.75, 3.05) is 30.5 Å². The van der Waals surface area contributed by atoms with Gasteiger partial charge in [-0.1, -0.05) is 6.08 Å². The third-order valence-corrected chi connectivity index (χ3v) is 3.41. The zero-order valence-corrected chi connectivity index (χ0v) is 13.0. The predicted molar refractivity (Wildman–Crippen MR) is 84.3 cm³/mol. The smallest absolute Gasteiger partial charge is 0.411 e. The normalized spacial score (nSPS) is 16.1. The van der Waals surface area contributed by atoms with Crippen LogP contribution in [0.5, 0.6) is 5.75 Å². The van der Waals surface area contributed by atoms with Crippen LogP contribution in [-0.2, 0) is 9.53 Å². The van der Waals surface area contributed by atoms with E-state index in [1.54, 1.807) is 29.2 Å². The second-order valence-corrected chi connectivity index (χ2v) is 5.68. The van der Waals surface area contributed by atoms with E-state index in [0.29, 0.717) is 23.7 Å². The maximum Gasteiger partial charge on any atom is 0.411 e. The lowest BCUT2D eigenvalue weighted by atomic mass is 9.93. The van der Waals surface area contributed by atoms with Gasteiger partial charge in [0.25, 0.3) is 0 Å². The van der Waals surface area contributed by atoms with Crippen LogP contribution >= 0.6 is 0 Å². The fourth-order valence-corrected chi connectivity index (χ4v) is 2.20. The Hall–Kier alpha value is -2.50. The molecular weight excluding hydrogens is 284 g/mol. The molecule has 2 amide bonds. The fraction of sp³-hybridized carbons (Fsp3) is 0.375. The van der Waals surface area contributed by atoms with Crippen molar-refractivity contribution in [1.29, 1.82) is 0 Å². The molecule has 0 radical (unpaired) electrons. The minimum Gasteiger partial charge on any atom is -0.490 e. The molecule has 118 valence electrons. The summed E-state index contributed by atoms with van der Waals surface area (Å²) in [5.74, 6) is 0.509. The number of hydrogen-bond acceptors (Lipinski definition) is 4. The van der Waals surface area contributed by atoms with E-state index in [2.05, 4.69) is 16.6 Å². The van der Waals surface area contributed by atoms with Crippen LogP contribution in [0.1, 0.15) is 13.8 Å². The second-order valence-electron chi connectivity index (χ2n) is 5.68. The number of fused-ring (bicyclic) bond motifs is 1. The van der Waals surface area contributed by atoms with Crippen LogP contribution in [0, 0.1) is 5.41 Å². The lowest BCUT2D eigenvalue weighted by Crippen LogP contribution is -2.42. The lowest BCUT2D eigenvalue weighted by molar-refractivity contribution is -0.127. The van der Waals surface area contributed by atoms with Gasteiger partial charge in [-0.05, 0) is 26.0 Å². The van der Waals surface area contributed by atoms with Gasteiger partial charge in [-0.2, -0.15) is 0 Å². The summed E-state index contributed by atoms with van der Waals surface area (Å²) in [6, 6.07) is 5.11. The molecule has 0 unspecified atom stereocenters. The van der Waals surface area contributed by atoms with E-state index in [4.69, 9.17) is 4.74 Å². The number of carbonyl (C=O) groups excluding carboxylic acids is 2. The Kier molecular flexibility index (Phi) is 4.40. The summed E-state index contributed by atoms with van der Waals surface area (Å²) in [5.41, 5.74) is 0.556. The van der Waals surface area contributed by atoms with Crippen molar-refractivity contribution < 1.29 is 19.1 Å². The number of methoxy groups -OCH3 is 1. The number of carbonyl (C=O) groups is 2. The Morgan fingerprint density at radius 3 is 2.91 bits per heavy atom. The molecule has 6 nitrogen and oxygen atoms in total. The summed E-state index contributed by atoms with van der Waals surface area (Å²) in [5, 5.41) is 2.58. The van der Waals surface area contributed by atoms with Crippen molar-refractivity contribution in [3.63, 3.8) is 0 Å². The van der Waals surface area contributed by atoms with Crippen LogP contribution in [0.15, 0.2) is 30.9 Å². The van der Waals surface area contributed by atoms with E-state index in [1.165, 1.54) is 7.11 Å². The van der Waals surface area contributed by atoms with Gasteiger partial charge < -0.3 is 14.4 Å². The van der Waals surface area contributed by atoms with Gasteiger partial charge in [0.15, 0.2) is 0 Å². The predicted octanol–water partition coefficient (Wildman–Crippen LogP) is 2.80. The highest BCUT2D eigenvalue weighted by molar-refractivity contribution is 6.00. The number of nitrogens with one attached hydrogen (secondary N) is 1. The molecule has 1 aliphatic rings. The molecule has 1 heterocycles. The van der Waals surface area contributed by atoms with Gasteiger partial charge in [0, 0.05) is 18.3 Å². The van der Waals surface area contributed by atoms with Crippen molar-refractivity contribution in [2.24, 2.45) is 5.41 Å². The van der Waals surface area contributed by atoms with Crippen LogP contribution in [0.25, 0.3) is 0 Å². The second kappa shape index (κ2) is 6.09. The van der Waals surface area contributed by atoms with Crippen molar-refractivity contribution in [3.05, 3.63) is 30.9 Å². The van der Waals surface area contributed by atoms with Crippen LogP contribution in [0.3, 0.4) is 0 Å².